The van der Waals surface area contributed by atoms with Crippen LogP contribution in [-0.4, -0.2) is 60.8 Å². The average molecular weight is 440 g/mol. The minimum absolute atomic E-state index is 0.185. The fraction of sp³-hybridized carbons (Fsp3) is 0.480. The first kappa shape index (κ1) is 22.3. The number of hydrogen-bond acceptors (Lipinski definition) is 5. The van der Waals surface area contributed by atoms with Crippen LogP contribution in [0.1, 0.15) is 36.0 Å². The summed E-state index contributed by atoms with van der Waals surface area (Å²) in [4.78, 5) is 7.13. The topological polar surface area (TPSA) is 50.5 Å². The summed E-state index contributed by atoms with van der Waals surface area (Å²) >= 11 is 1.69. The van der Waals surface area contributed by atoms with Gasteiger partial charge in [-0.25, -0.2) is 4.39 Å². The maximum absolute atomic E-state index is 14.0. The lowest BCUT2D eigenvalue weighted by molar-refractivity contribution is 0.101. The van der Waals surface area contributed by atoms with Crippen molar-refractivity contribution in [2.24, 2.45) is 5.92 Å². The molecule has 0 bridgehead atoms. The van der Waals surface area contributed by atoms with E-state index in [0.29, 0.717) is 11.5 Å². The van der Waals surface area contributed by atoms with Gasteiger partial charge in [0.15, 0.2) is 0 Å². The normalized spacial score (nSPS) is 20.4. The van der Waals surface area contributed by atoms with Crippen molar-refractivity contribution in [3.8, 4) is 6.07 Å². The fourth-order valence-corrected chi connectivity index (χ4v) is 6.01. The quantitative estimate of drug-likeness (QED) is 0.734. The van der Waals surface area contributed by atoms with Gasteiger partial charge >= 0.3 is 0 Å². The molecule has 0 aromatic heterocycles. The molecule has 2 heterocycles. The van der Waals surface area contributed by atoms with Crippen molar-refractivity contribution in [3.05, 3.63) is 58.9 Å². The van der Waals surface area contributed by atoms with Crippen LogP contribution in [-0.2, 0) is 6.42 Å². The Balaban J connectivity index is 1.50. The maximum Gasteiger partial charge on any atom is 0.123 e. The number of rotatable bonds is 6. The summed E-state index contributed by atoms with van der Waals surface area (Å²) in [6.45, 7) is 8.42. The van der Waals surface area contributed by atoms with Crippen molar-refractivity contribution in [2.75, 3.05) is 45.9 Å². The second-order valence-corrected chi connectivity index (χ2v) is 9.91. The van der Waals surface area contributed by atoms with Crippen molar-refractivity contribution >= 4 is 11.8 Å². The zero-order valence-corrected chi connectivity index (χ0v) is 18.9. The second-order valence-electron chi connectivity index (χ2n) is 8.83. The van der Waals surface area contributed by atoms with E-state index >= 15 is 0 Å². The molecule has 0 radical (unpaired) electrons. The number of hydrogen-bond donors (Lipinski definition) is 1. The van der Waals surface area contributed by atoms with Gasteiger partial charge in [-0.05, 0) is 72.2 Å². The second kappa shape index (κ2) is 10.1. The predicted octanol–water partition coefficient (Wildman–Crippen LogP) is 4.12. The van der Waals surface area contributed by atoms with Crippen LogP contribution in [0.3, 0.4) is 0 Å². The lowest BCUT2D eigenvalue weighted by Crippen LogP contribution is -2.48. The van der Waals surface area contributed by atoms with E-state index in [2.05, 4.69) is 28.9 Å². The van der Waals surface area contributed by atoms with Crippen LogP contribution in [0.2, 0.25) is 0 Å². The SMILES string of the molecule is CC(C[C@H]1Cc2cc(F)ccc2Sc2ccc(C#N)cc21)CN1CCN(CCO)CC1. The standard InChI is InChI=1S/C25H30FN3OS/c1-18(17-29-8-6-28(7-9-29)10-11-30)12-20-14-21-15-22(26)3-5-24(21)31-25-4-2-19(16-27)13-23(20)25/h2-5,13,15,18,20,30H,6-12,14,17H2,1H3/t18?,20-/m0/s1. The first-order valence-electron chi connectivity index (χ1n) is 11.1. The molecule has 0 aliphatic carbocycles. The van der Waals surface area contributed by atoms with Crippen molar-refractivity contribution in [2.45, 2.75) is 35.5 Å². The minimum Gasteiger partial charge on any atom is -0.395 e. The van der Waals surface area contributed by atoms with E-state index in [1.54, 1.807) is 17.8 Å². The third-order valence-electron chi connectivity index (χ3n) is 6.43. The number of nitriles is 1. The van der Waals surface area contributed by atoms with E-state index in [9.17, 15) is 9.65 Å². The Kier molecular flexibility index (Phi) is 7.29. The lowest BCUT2D eigenvalue weighted by Gasteiger charge is -2.36. The molecule has 1 unspecified atom stereocenters. The van der Waals surface area contributed by atoms with Crippen molar-refractivity contribution in [1.82, 2.24) is 9.80 Å². The first-order chi connectivity index (χ1) is 15.1. The summed E-state index contributed by atoms with van der Waals surface area (Å²) in [5.74, 6) is 0.577. The highest BCUT2D eigenvalue weighted by molar-refractivity contribution is 7.99. The van der Waals surface area contributed by atoms with Crippen LogP contribution >= 0.6 is 11.8 Å². The van der Waals surface area contributed by atoms with E-state index in [0.717, 1.165) is 62.6 Å². The fourth-order valence-electron chi connectivity index (χ4n) is 4.88. The van der Waals surface area contributed by atoms with Gasteiger partial charge in [0, 0.05) is 49.1 Å². The van der Waals surface area contributed by atoms with Crippen molar-refractivity contribution < 1.29 is 9.50 Å². The summed E-state index contributed by atoms with van der Waals surface area (Å²) in [6, 6.07) is 13.3. The van der Waals surface area contributed by atoms with Gasteiger partial charge < -0.3 is 10.0 Å². The van der Waals surface area contributed by atoms with Gasteiger partial charge in [0.1, 0.15) is 5.82 Å². The van der Waals surface area contributed by atoms with Gasteiger partial charge in [-0.15, -0.1) is 0 Å². The molecule has 2 aliphatic rings. The third-order valence-corrected chi connectivity index (χ3v) is 7.64. The monoisotopic (exact) mass is 439 g/mol. The molecule has 1 N–H and O–H groups in total. The van der Waals surface area contributed by atoms with Gasteiger partial charge in [0.05, 0.1) is 18.2 Å². The summed E-state index contributed by atoms with van der Waals surface area (Å²) in [6.07, 6.45) is 1.81. The molecule has 0 amide bonds. The van der Waals surface area contributed by atoms with Crippen LogP contribution in [0.15, 0.2) is 46.2 Å². The molecule has 164 valence electrons. The number of nitrogens with zero attached hydrogens (tertiary/aromatic N) is 3. The third kappa shape index (κ3) is 5.48. The summed E-state index contributed by atoms with van der Waals surface area (Å²) in [5.41, 5.74) is 2.98. The van der Waals surface area contributed by atoms with Crippen LogP contribution in [0, 0.1) is 23.1 Å². The largest absolute Gasteiger partial charge is 0.395 e. The summed E-state index contributed by atoms with van der Waals surface area (Å²) in [5, 5.41) is 18.6. The predicted molar refractivity (Wildman–Crippen MR) is 122 cm³/mol. The smallest absolute Gasteiger partial charge is 0.123 e. The molecule has 2 atom stereocenters. The Morgan fingerprint density at radius 1 is 1.13 bits per heavy atom. The molecule has 0 saturated carbocycles. The van der Waals surface area contributed by atoms with E-state index in [-0.39, 0.29) is 18.3 Å². The number of β-amino-alcohol motifs (C(OH)–C–C–N with tert-alkyl or cyclic N) is 1. The Hall–Kier alpha value is -1.91. The Bertz CT molecular complexity index is 952. The number of aliphatic hydroxyl groups excluding tert-OH is 1. The van der Waals surface area contributed by atoms with E-state index in [4.69, 9.17) is 5.11 Å². The molecule has 0 spiro atoms. The number of piperazine rings is 1. The highest BCUT2D eigenvalue weighted by atomic mass is 32.2. The molecule has 2 aliphatic heterocycles. The molecular weight excluding hydrogens is 409 g/mol. The van der Waals surface area contributed by atoms with Crippen LogP contribution in [0.5, 0.6) is 0 Å². The van der Waals surface area contributed by atoms with Crippen LogP contribution in [0.25, 0.3) is 0 Å². The summed E-state index contributed by atoms with van der Waals surface area (Å²) < 4.78 is 14.0. The lowest BCUT2D eigenvalue weighted by atomic mass is 9.84. The van der Waals surface area contributed by atoms with Gasteiger partial charge in [-0.1, -0.05) is 18.7 Å². The van der Waals surface area contributed by atoms with E-state index in [1.165, 1.54) is 16.5 Å². The average Bonchev–Trinajstić information content (AvgIpc) is 2.91. The van der Waals surface area contributed by atoms with E-state index in [1.807, 2.05) is 18.2 Å². The first-order valence-corrected chi connectivity index (χ1v) is 11.9. The van der Waals surface area contributed by atoms with Gasteiger partial charge in [-0.2, -0.15) is 5.26 Å². The van der Waals surface area contributed by atoms with E-state index < -0.39 is 0 Å². The molecule has 1 fully saturated rings. The molecule has 4 nitrogen and oxygen atoms in total. The molecule has 6 heteroatoms. The van der Waals surface area contributed by atoms with Crippen molar-refractivity contribution in [1.29, 1.82) is 5.26 Å². The number of benzene rings is 2. The maximum atomic E-state index is 14.0. The highest BCUT2D eigenvalue weighted by Gasteiger charge is 2.26. The molecule has 1 saturated heterocycles. The Morgan fingerprint density at radius 2 is 1.87 bits per heavy atom. The highest BCUT2D eigenvalue weighted by Crippen LogP contribution is 2.44. The zero-order chi connectivity index (χ0) is 21.8. The van der Waals surface area contributed by atoms with Crippen molar-refractivity contribution in [3.63, 3.8) is 0 Å². The Morgan fingerprint density at radius 3 is 2.61 bits per heavy atom. The Labute approximate surface area is 188 Å². The van der Waals surface area contributed by atoms with Crippen LogP contribution < -0.4 is 0 Å². The molecule has 2 aromatic carbocycles. The van der Waals surface area contributed by atoms with Crippen LogP contribution in [0.4, 0.5) is 4.39 Å². The number of halogens is 1. The number of fused-ring (bicyclic) bond motifs is 2. The van der Waals surface area contributed by atoms with Gasteiger partial charge in [0.25, 0.3) is 0 Å². The van der Waals surface area contributed by atoms with Gasteiger partial charge in [-0.3, -0.25) is 4.90 Å². The molecule has 2 aromatic rings. The van der Waals surface area contributed by atoms with Gasteiger partial charge in [0.2, 0.25) is 0 Å². The zero-order valence-electron chi connectivity index (χ0n) is 18.1. The minimum atomic E-state index is -0.185. The molecule has 31 heavy (non-hydrogen) atoms. The summed E-state index contributed by atoms with van der Waals surface area (Å²) in [7, 11) is 0. The molecule has 4 rings (SSSR count). The number of aliphatic hydroxyl groups is 1. The molecular formula is C25H30FN3OS.